The normalized spacial score (nSPS) is 29.8. The number of allylic oxidation sites excluding steroid dienone is 4. The molecule has 0 aromatic carbocycles. The summed E-state index contributed by atoms with van der Waals surface area (Å²) in [6.45, 7) is 4.41. The van der Waals surface area contributed by atoms with Crippen LogP contribution in [0.5, 0.6) is 0 Å². The van der Waals surface area contributed by atoms with Crippen LogP contribution in [-0.2, 0) is 0 Å². The predicted octanol–water partition coefficient (Wildman–Crippen LogP) is 3.53. The van der Waals surface area contributed by atoms with Gasteiger partial charge in [-0.2, -0.15) is 0 Å². The molecule has 0 bridgehead atoms. The molecule has 0 saturated carbocycles. The number of hydrogen-bond acceptors (Lipinski definition) is 0. The Balaban J connectivity index is 2.54. The van der Waals surface area contributed by atoms with Gasteiger partial charge in [-0.1, -0.05) is 38.2 Å². The second-order valence-corrected chi connectivity index (χ2v) is 4.38. The Hall–Kier alpha value is -0.230. The molecule has 0 radical (unpaired) electrons. The van der Waals surface area contributed by atoms with Crippen LogP contribution in [0.2, 0.25) is 0 Å². The number of rotatable bonds is 2. The van der Waals surface area contributed by atoms with E-state index < -0.39 is 0 Å². The Morgan fingerprint density at radius 2 is 2.18 bits per heavy atom. The van der Waals surface area contributed by atoms with E-state index in [1.165, 1.54) is 0 Å². The fourth-order valence-corrected chi connectivity index (χ4v) is 1.94. The summed E-state index contributed by atoms with van der Waals surface area (Å²) in [7, 11) is 0. The van der Waals surface area contributed by atoms with Crippen LogP contribution in [0.1, 0.15) is 26.7 Å². The highest BCUT2D eigenvalue weighted by molar-refractivity contribution is 6.25. The molecule has 1 heteroatoms. The smallest absolute Gasteiger partial charge is 0.0665 e. The Labute approximate surface area is 73.9 Å². The van der Waals surface area contributed by atoms with Gasteiger partial charge in [-0.3, -0.25) is 0 Å². The highest BCUT2D eigenvalue weighted by Gasteiger charge is 2.24. The zero-order chi connectivity index (χ0) is 8.32. The summed E-state index contributed by atoms with van der Waals surface area (Å²) >= 11 is 6.33. The minimum absolute atomic E-state index is 0.0943. The molecule has 0 saturated heterocycles. The molecule has 1 aliphatic carbocycles. The molecule has 0 aromatic heterocycles. The van der Waals surface area contributed by atoms with Crippen molar-refractivity contribution >= 4 is 11.6 Å². The van der Waals surface area contributed by atoms with Gasteiger partial charge in [-0.05, 0) is 18.8 Å². The van der Waals surface area contributed by atoms with Gasteiger partial charge in [0.05, 0.1) is 4.87 Å². The molecule has 1 aliphatic rings. The van der Waals surface area contributed by atoms with E-state index in [1.807, 2.05) is 6.08 Å². The molecule has 0 amide bonds. The predicted molar refractivity (Wildman–Crippen MR) is 50.9 cm³/mol. The molecule has 0 fully saturated rings. The van der Waals surface area contributed by atoms with E-state index in [1.54, 1.807) is 0 Å². The lowest BCUT2D eigenvalue weighted by Gasteiger charge is -2.25. The minimum atomic E-state index is -0.0943. The van der Waals surface area contributed by atoms with Crippen LogP contribution in [0, 0.1) is 5.92 Å². The standard InChI is InChI=1S/C10H15Cl/c1-9(2)8-10(11)6-4-3-5-7-10/h3-6,9H,7-8H2,1-2H3. The average molecular weight is 171 g/mol. The van der Waals surface area contributed by atoms with Crippen LogP contribution in [0.3, 0.4) is 0 Å². The van der Waals surface area contributed by atoms with Crippen molar-refractivity contribution in [2.75, 3.05) is 0 Å². The van der Waals surface area contributed by atoms with Crippen LogP contribution in [0.4, 0.5) is 0 Å². The molecule has 0 heterocycles. The Kier molecular flexibility index (Phi) is 2.78. The van der Waals surface area contributed by atoms with Crippen molar-refractivity contribution in [2.24, 2.45) is 5.92 Å². The van der Waals surface area contributed by atoms with E-state index in [9.17, 15) is 0 Å². The second kappa shape index (κ2) is 3.44. The van der Waals surface area contributed by atoms with E-state index in [4.69, 9.17) is 11.6 Å². The molecule has 11 heavy (non-hydrogen) atoms. The molecular formula is C10H15Cl. The van der Waals surface area contributed by atoms with Crippen molar-refractivity contribution in [3.63, 3.8) is 0 Å². The molecule has 1 unspecified atom stereocenters. The molecule has 0 aromatic rings. The van der Waals surface area contributed by atoms with Crippen molar-refractivity contribution in [3.8, 4) is 0 Å². The maximum absolute atomic E-state index is 6.33. The van der Waals surface area contributed by atoms with Crippen molar-refractivity contribution in [2.45, 2.75) is 31.6 Å². The van der Waals surface area contributed by atoms with Gasteiger partial charge in [-0.15, -0.1) is 11.6 Å². The average Bonchev–Trinajstić information content (AvgIpc) is 1.85. The third kappa shape index (κ3) is 2.70. The fourth-order valence-electron chi connectivity index (χ4n) is 1.47. The summed E-state index contributed by atoms with van der Waals surface area (Å²) in [4.78, 5) is -0.0943. The van der Waals surface area contributed by atoms with Crippen LogP contribution in [0.15, 0.2) is 24.3 Å². The van der Waals surface area contributed by atoms with Gasteiger partial charge in [0.25, 0.3) is 0 Å². The first-order chi connectivity index (χ1) is 5.12. The number of alkyl halides is 1. The van der Waals surface area contributed by atoms with Gasteiger partial charge < -0.3 is 0 Å². The number of hydrogen-bond donors (Lipinski definition) is 0. The van der Waals surface area contributed by atoms with Gasteiger partial charge in [0.1, 0.15) is 0 Å². The topological polar surface area (TPSA) is 0 Å². The van der Waals surface area contributed by atoms with Crippen molar-refractivity contribution in [1.82, 2.24) is 0 Å². The van der Waals surface area contributed by atoms with E-state index in [0.717, 1.165) is 12.8 Å². The quantitative estimate of drug-likeness (QED) is 0.557. The zero-order valence-electron chi connectivity index (χ0n) is 7.18. The van der Waals surface area contributed by atoms with Crippen molar-refractivity contribution in [1.29, 1.82) is 0 Å². The Morgan fingerprint density at radius 1 is 1.45 bits per heavy atom. The highest BCUT2D eigenvalue weighted by Crippen LogP contribution is 2.32. The highest BCUT2D eigenvalue weighted by atomic mass is 35.5. The van der Waals surface area contributed by atoms with E-state index in [-0.39, 0.29) is 4.87 Å². The summed E-state index contributed by atoms with van der Waals surface area (Å²) in [6.07, 6.45) is 10.4. The van der Waals surface area contributed by atoms with Crippen molar-refractivity contribution < 1.29 is 0 Å². The van der Waals surface area contributed by atoms with Crippen LogP contribution in [-0.4, -0.2) is 4.87 Å². The summed E-state index contributed by atoms with van der Waals surface area (Å²) in [5.74, 6) is 0.670. The summed E-state index contributed by atoms with van der Waals surface area (Å²) in [5, 5.41) is 0. The SMILES string of the molecule is CC(C)CC1(Cl)C=CC=CC1. The first kappa shape index (κ1) is 8.86. The molecule has 1 atom stereocenters. The third-order valence-corrected chi connectivity index (χ3v) is 2.28. The third-order valence-electron chi connectivity index (χ3n) is 1.85. The summed E-state index contributed by atoms with van der Waals surface area (Å²) in [5.41, 5.74) is 0. The van der Waals surface area contributed by atoms with E-state index in [2.05, 4.69) is 32.1 Å². The van der Waals surface area contributed by atoms with Crippen LogP contribution < -0.4 is 0 Å². The Bertz CT molecular complexity index is 179. The second-order valence-electron chi connectivity index (χ2n) is 3.62. The zero-order valence-corrected chi connectivity index (χ0v) is 7.93. The molecule has 62 valence electrons. The van der Waals surface area contributed by atoms with Gasteiger partial charge in [-0.25, -0.2) is 0 Å². The largest absolute Gasteiger partial charge is 0.114 e. The molecule has 1 rings (SSSR count). The van der Waals surface area contributed by atoms with E-state index in [0.29, 0.717) is 5.92 Å². The molecule has 0 aliphatic heterocycles. The van der Waals surface area contributed by atoms with E-state index >= 15 is 0 Å². The molecule has 0 nitrogen and oxygen atoms in total. The molecule has 0 N–H and O–H groups in total. The van der Waals surface area contributed by atoms with Gasteiger partial charge in [0.2, 0.25) is 0 Å². The maximum Gasteiger partial charge on any atom is 0.0665 e. The molecule has 0 spiro atoms. The first-order valence-electron chi connectivity index (χ1n) is 4.16. The lowest BCUT2D eigenvalue weighted by molar-refractivity contribution is 0.502. The van der Waals surface area contributed by atoms with Crippen LogP contribution >= 0.6 is 11.6 Å². The van der Waals surface area contributed by atoms with Crippen LogP contribution in [0.25, 0.3) is 0 Å². The van der Waals surface area contributed by atoms with Gasteiger partial charge in [0.15, 0.2) is 0 Å². The summed E-state index contributed by atoms with van der Waals surface area (Å²) in [6, 6.07) is 0. The Morgan fingerprint density at radius 3 is 2.64 bits per heavy atom. The lowest BCUT2D eigenvalue weighted by Crippen LogP contribution is -2.21. The first-order valence-corrected chi connectivity index (χ1v) is 4.53. The monoisotopic (exact) mass is 170 g/mol. The van der Waals surface area contributed by atoms with Gasteiger partial charge >= 0.3 is 0 Å². The summed E-state index contributed by atoms with van der Waals surface area (Å²) < 4.78 is 0. The fraction of sp³-hybridized carbons (Fsp3) is 0.600. The van der Waals surface area contributed by atoms with Gasteiger partial charge in [0, 0.05) is 0 Å². The maximum atomic E-state index is 6.33. The number of halogens is 1. The lowest BCUT2D eigenvalue weighted by atomic mass is 9.90. The van der Waals surface area contributed by atoms with Crippen molar-refractivity contribution in [3.05, 3.63) is 24.3 Å². The molecular weight excluding hydrogens is 156 g/mol. The minimum Gasteiger partial charge on any atom is -0.114 e.